The van der Waals surface area contributed by atoms with Crippen LogP contribution in [0.2, 0.25) is 0 Å². The Morgan fingerprint density at radius 2 is 2.00 bits per heavy atom. The minimum atomic E-state index is -0.604. The summed E-state index contributed by atoms with van der Waals surface area (Å²) in [5.74, 6) is 0.117. The van der Waals surface area contributed by atoms with Gasteiger partial charge in [0.1, 0.15) is 5.25 Å². The SMILES string of the molecule is CC(C)=N/N=S1\CNC(=O)C1CC(=O)Nc1ccc(N2CCOCC2)cc1. The van der Waals surface area contributed by atoms with Gasteiger partial charge in [-0.1, -0.05) is 0 Å². The van der Waals surface area contributed by atoms with Crippen LogP contribution in [-0.4, -0.2) is 55.0 Å². The number of nitrogens with zero attached hydrogens (tertiary/aromatic N) is 3. The van der Waals surface area contributed by atoms with Crippen LogP contribution in [0, 0.1) is 0 Å². The van der Waals surface area contributed by atoms with Crippen molar-refractivity contribution in [3.8, 4) is 0 Å². The van der Waals surface area contributed by atoms with E-state index in [0.29, 0.717) is 5.88 Å². The third-order valence-electron chi connectivity index (χ3n) is 4.26. The molecule has 1 aromatic rings. The van der Waals surface area contributed by atoms with Crippen molar-refractivity contribution in [3.63, 3.8) is 0 Å². The molecule has 146 valence electrons. The maximum atomic E-state index is 12.4. The Labute approximate surface area is 161 Å². The monoisotopic (exact) mass is 391 g/mol. The van der Waals surface area contributed by atoms with E-state index in [-0.39, 0.29) is 18.2 Å². The first-order valence-electron chi connectivity index (χ1n) is 8.95. The Bertz CT molecular complexity index is 753. The van der Waals surface area contributed by atoms with Gasteiger partial charge in [-0.15, -0.1) is 4.47 Å². The maximum Gasteiger partial charge on any atom is 0.235 e. The van der Waals surface area contributed by atoms with Gasteiger partial charge in [0, 0.05) is 36.6 Å². The summed E-state index contributed by atoms with van der Waals surface area (Å²) in [5, 5.41) is 9.24. The molecule has 3 rings (SSSR count). The van der Waals surface area contributed by atoms with Gasteiger partial charge in [0.25, 0.3) is 0 Å². The molecule has 2 aliphatic heterocycles. The quantitative estimate of drug-likeness (QED) is 0.587. The molecule has 0 radical (unpaired) electrons. The molecule has 0 aromatic heterocycles. The van der Waals surface area contributed by atoms with Gasteiger partial charge >= 0.3 is 0 Å². The van der Waals surface area contributed by atoms with E-state index in [4.69, 9.17) is 4.74 Å². The van der Waals surface area contributed by atoms with Gasteiger partial charge in [-0.3, -0.25) is 9.59 Å². The number of rotatable bonds is 5. The third kappa shape index (κ3) is 5.36. The molecule has 1 aromatic carbocycles. The highest BCUT2D eigenvalue weighted by molar-refractivity contribution is 7.89. The summed E-state index contributed by atoms with van der Waals surface area (Å²) in [6, 6.07) is 7.74. The number of benzene rings is 1. The number of amides is 2. The molecule has 0 spiro atoms. The van der Waals surface area contributed by atoms with E-state index in [1.54, 1.807) is 0 Å². The van der Waals surface area contributed by atoms with Crippen LogP contribution in [0.4, 0.5) is 11.4 Å². The molecule has 2 aliphatic rings. The summed E-state index contributed by atoms with van der Waals surface area (Å²) in [6.45, 7) is 6.90. The molecule has 0 bridgehead atoms. The smallest absolute Gasteiger partial charge is 0.235 e. The zero-order chi connectivity index (χ0) is 19.2. The first kappa shape index (κ1) is 19.5. The number of hydrogen-bond acceptors (Lipinski definition) is 5. The molecule has 2 heterocycles. The fraction of sp³-hybridized carbons (Fsp3) is 0.500. The van der Waals surface area contributed by atoms with E-state index >= 15 is 0 Å². The third-order valence-corrected chi connectivity index (χ3v) is 6.03. The van der Waals surface area contributed by atoms with Crippen LogP contribution < -0.4 is 15.5 Å². The van der Waals surface area contributed by atoms with Gasteiger partial charge in [-0.05, 0) is 48.8 Å². The van der Waals surface area contributed by atoms with Crippen molar-refractivity contribution in [2.75, 3.05) is 42.4 Å². The molecule has 8 nitrogen and oxygen atoms in total. The van der Waals surface area contributed by atoms with Crippen molar-refractivity contribution < 1.29 is 14.3 Å². The van der Waals surface area contributed by atoms with Crippen molar-refractivity contribution in [3.05, 3.63) is 24.3 Å². The second kappa shape index (κ2) is 9.09. The number of nitrogens with one attached hydrogen (secondary N) is 2. The van der Waals surface area contributed by atoms with Crippen LogP contribution in [0.1, 0.15) is 20.3 Å². The summed E-state index contributed by atoms with van der Waals surface area (Å²) in [5.41, 5.74) is 2.65. The fourth-order valence-corrected chi connectivity index (χ4v) is 4.45. The van der Waals surface area contributed by atoms with Crippen LogP contribution in [-0.2, 0) is 25.0 Å². The van der Waals surface area contributed by atoms with Crippen molar-refractivity contribution in [2.45, 2.75) is 25.5 Å². The van der Waals surface area contributed by atoms with Crippen LogP contribution in [0.15, 0.2) is 33.8 Å². The second-order valence-electron chi connectivity index (χ2n) is 6.60. The Morgan fingerprint density at radius 1 is 1.30 bits per heavy atom. The Kier molecular flexibility index (Phi) is 6.57. The average Bonchev–Trinajstić information content (AvgIpc) is 3.01. The predicted molar refractivity (Wildman–Crippen MR) is 108 cm³/mol. The molecule has 27 heavy (non-hydrogen) atoms. The van der Waals surface area contributed by atoms with E-state index in [0.717, 1.165) is 43.4 Å². The normalized spacial score (nSPS) is 22.4. The molecule has 2 unspecified atom stereocenters. The van der Waals surface area contributed by atoms with Crippen molar-refractivity contribution in [2.24, 2.45) is 9.57 Å². The van der Waals surface area contributed by atoms with Gasteiger partial charge in [-0.25, -0.2) is 0 Å². The fourth-order valence-electron chi connectivity index (χ4n) is 2.85. The lowest BCUT2D eigenvalue weighted by molar-refractivity contribution is -0.123. The van der Waals surface area contributed by atoms with E-state index in [9.17, 15) is 9.59 Å². The molecule has 2 saturated heterocycles. The van der Waals surface area contributed by atoms with Crippen molar-refractivity contribution in [1.29, 1.82) is 0 Å². The van der Waals surface area contributed by atoms with E-state index < -0.39 is 15.9 Å². The van der Waals surface area contributed by atoms with Gasteiger partial charge < -0.3 is 20.3 Å². The van der Waals surface area contributed by atoms with E-state index in [2.05, 4.69) is 25.1 Å². The number of carbonyl (C=O) groups is 2. The van der Waals surface area contributed by atoms with Crippen LogP contribution in [0.25, 0.3) is 0 Å². The molecule has 2 atom stereocenters. The van der Waals surface area contributed by atoms with Crippen LogP contribution in [0.5, 0.6) is 0 Å². The molecule has 2 N–H and O–H groups in total. The predicted octanol–water partition coefficient (Wildman–Crippen LogP) is 1.51. The highest BCUT2D eigenvalue weighted by atomic mass is 32.2. The Balaban J connectivity index is 1.59. The van der Waals surface area contributed by atoms with Gasteiger partial charge in [-0.2, -0.15) is 5.10 Å². The molecular weight excluding hydrogens is 366 g/mol. The number of hydrogen-bond donors (Lipinski definition) is 2. The first-order valence-corrected chi connectivity index (χ1v) is 10.4. The average molecular weight is 391 g/mol. The number of anilines is 2. The second-order valence-corrected chi connectivity index (χ2v) is 8.43. The lowest BCUT2D eigenvalue weighted by atomic mass is 10.2. The highest BCUT2D eigenvalue weighted by Gasteiger charge is 2.32. The molecule has 2 amide bonds. The standard InChI is InChI=1S/C18H25N5O3S/c1-13(2)21-22-27-12-19-18(25)16(27)11-17(24)20-14-3-5-15(6-4-14)23-7-9-26-10-8-23/h3-6,16H,7-12H2,1-2H3,(H,19,25)(H,20,24). The topological polar surface area (TPSA) is 95.4 Å². The Hall–Kier alpha value is -2.26. The summed E-state index contributed by atoms with van der Waals surface area (Å²) in [6.07, 6.45) is 0.0991. The van der Waals surface area contributed by atoms with Gasteiger partial charge in [0.05, 0.1) is 19.1 Å². The molecule has 9 heteroatoms. The zero-order valence-electron chi connectivity index (χ0n) is 15.6. The molecule has 2 fully saturated rings. The molecule has 0 aliphatic carbocycles. The number of ether oxygens (including phenoxy) is 1. The highest BCUT2D eigenvalue weighted by Crippen LogP contribution is 2.20. The van der Waals surface area contributed by atoms with Crippen LogP contribution >= 0.6 is 0 Å². The summed E-state index contributed by atoms with van der Waals surface area (Å²) in [4.78, 5) is 26.7. The largest absolute Gasteiger partial charge is 0.378 e. The lowest BCUT2D eigenvalue weighted by Crippen LogP contribution is -2.36. The Morgan fingerprint density at radius 3 is 2.67 bits per heavy atom. The minimum Gasteiger partial charge on any atom is -0.378 e. The van der Waals surface area contributed by atoms with E-state index in [1.807, 2.05) is 38.1 Å². The molecule has 0 saturated carbocycles. The van der Waals surface area contributed by atoms with Crippen molar-refractivity contribution in [1.82, 2.24) is 5.32 Å². The van der Waals surface area contributed by atoms with Gasteiger partial charge in [0.2, 0.25) is 11.8 Å². The zero-order valence-corrected chi connectivity index (χ0v) is 16.4. The summed E-state index contributed by atoms with van der Waals surface area (Å²) >= 11 is 0. The lowest BCUT2D eigenvalue weighted by Gasteiger charge is -2.28. The molecular formula is C18H25N5O3S. The number of morpholine rings is 1. The summed E-state index contributed by atoms with van der Waals surface area (Å²) < 4.78 is 9.58. The first-order chi connectivity index (χ1) is 13.0. The number of carbonyl (C=O) groups excluding carboxylic acids is 2. The van der Waals surface area contributed by atoms with Crippen molar-refractivity contribution >= 4 is 39.6 Å². The van der Waals surface area contributed by atoms with Gasteiger partial charge in [0.15, 0.2) is 0 Å². The minimum absolute atomic E-state index is 0.0991. The van der Waals surface area contributed by atoms with Crippen LogP contribution in [0.3, 0.4) is 0 Å². The summed E-state index contributed by atoms with van der Waals surface area (Å²) in [7, 11) is -0.604. The maximum absolute atomic E-state index is 12.4. The van der Waals surface area contributed by atoms with E-state index in [1.165, 1.54) is 0 Å².